The van der Waals surface area contributed by atoms with Crippen molar-refractivity contribution in [1.29, 1.82) is 0 Å². The summed E-state index contributed by atoms with van der Waals surface area (Å²) in [6.45, 7) is 43.2. The zero-order valence-electron chi connectivity index (χ0n) is 68.4. The summed E-state index contributed by atoms with van der Waals surface area (Å²) in [6.07, 6.45) is 9.86. The molecule has 662 valence electrons. The molecule has 7 amide bonds. The first kappa shape index (κ1) is 108. The minimum absolute atomic E-state index is 0. The summed E-state index contributed by atoms with van der Waals surface area (Å²) in [7, 11) is 1.60. The van der Waals surface area contributed by atoms with Crippen LogP contribution in [0.2, 0.25) is 0 Å². The van der Waals surface area contributed by atoms with E-state index in [0.717, 1.165) is 38.5 Å². The van der Waals surface area contributed by atoms with E-state index in [4.69, 9.17) is 52.1 Å². The minimum atomic E-state index is -0.593. The summed E-state index contributed by atoms with van der Waals surface area (Å²) in [5.41, 5.74) is -3.25. The molecule has 0 spiro atoms. The Bertz CT molecular complexity index is 2950. The van der Waals surface area contributed by atoms with Crippen LogP contribution in [0.5, 0.6) is 0 Å². The molecule has 0 aromatic heterocycles. The van der Waals surface area contributed by atoms with Gasteiger partial charge in [-0.1, -0.05) is 43.2 Å². The number of halogens is 3. The normalized spacial score (nSPS) is 26.5. The van der Waals surface area contributed by atoms with Crippen molar-refractivity contribution in [2.24, 2.45) is 29.6 Å². The number of amides is 7. The molecule has 0 aromatic carbocycles. The predicted molar refractivity (Wildman–Crippen MR) is 446 cm³/mol. The van der Waals surface area contributed by atoms with E-state index >= 15 is 0 Å². The summed E-state index contributed by atoms with van der Waals surface area (Å²) in [6, 6.07) is -1.85. The van der Waals surface area contributed by atoms with Gasteiger partial charge in [0.05, 0.1) is 33.0 Å². The molecule has 10 fully saturated rings. The standard InChI is InChI=1S/4C13H21NO4.C12H20N2O3.C12H19NO4.5CH4.I3/c4*1-5-17-11(15)10-7-8-6-9(8)14(10)12(16)18-13(2,3)4;1-12(2,3)17-11(16)14-8-5-7(8)6-9(14)10(15)13-4;1-5-16-10(14)9-7-6-8-13(9)11(15)17-12(2,3)4;;;;;;1-3-2/h4*8-10H,5-7H2,1-4H3;7-9H,5-6H2,1-4H3,(H,13,15);6,8-9H,5,7H2,1-4H3;5*1H4;/q;;;;;;;;;;;-1/t8?,9?,10-;3*8-,9-,10-;7?,8?,9-;9-;;;;;;/m000000....../s1. The first-order valence-electron chi connectivity index (χ1n) is 38.1. The van der Waals surface area contributed by atoms with Gasteiger partial charge in [-0.05, 0) is 259 Å². The van der Waals surface area contributed by atoms with E-state index in [-0.39, 0.29) is 109 Å². The van der Waals surface area contributed by atoms with Crippen molar-refractivity contribution in [2.45, 2.75) is 367 Å². The number of rotatable bonds is 11. The summed E-state index contributed by atoms with van der Waals surface area (Å²) in [4.78, 5) is 152. The molecule has 0 aromatic rings. The van der Waals surface area contributed by atoms with E-state index in [2.05, 4.69) is 42.5 Å². The zero-order valence-corrected chi connectivity index (χ0v) is 74.9. The topological polar surface area (TPSA) is 338 Å². The van der Waals surface area contributed by atoms with Crippen molar-refractivity contribution in [3.05, 3.63) is 12.3 Å². The van der Waals surface area contributed by atoms with Crippen LogP contribution in [0, 0.1) is 29.6 Å². The quantitative estimate of drug-likeness (QED) is 0.114. The van der Waals surface area contributed by atoms with Crippen molar-refractivity contribution in [3.8, 4) is 0 Å². The zero-order chi connectivity index (χ0) is 82.6. The number of likely N-dealkylation sites (N-methyl/N-ethyl adjacent to an activating group) is 1. The van der Waals surface area contributed by atoms with Crippen molar-refractivity contribution < 1.29 is 123 Å². The average Bonchev–Trinajstić information content (AvgIpc) is 1.62. The first-order valence-corrected chi connectivity index (χ1v) is 50.7. The van der Waals surface area contributed by atoms with Crippen LogP contribution in [0.1, 0.15) is 267 Å². The Hall–Kier alpha value is -5.63. The van der Waals surface area contributed by atoms with E-state index < -0.39 is 100 Å². The predicted octanol–water partition coefficient (Wildman–Crippen LogP) is 12.9. The molecule has 6 heterocycles. The van der Waals surface area contributed by atoms with Crippen molar-refractivity contribution in [2.75, 3.05) is 40.1 Å². The molecule has 11 rings (SSSR count). The summed E-state index contributed by atoms with van der Waals surface area (Å²) < 4.78 is 57.0. The van der Waals surface area contributed by atoms with Gasteiger partial charge in [-0.3, -0.25) is 34.2 Å². The Labute approximate surface area is 711 Å². The van der Waals surface area contributed by atoms with Crippen LogP contribution in [0.25, 0.3) is 0 Å². The monoisotopic (exact) mass is 1960 g/mol. The van der Waals surface area contributed by atoms with E-state index in [1.807, 2.05) is 104 Å². The second-order valence-electron chi connectivity index (χ2n) is 34.5. The average molecular weight is 1960 g/mol. The summed E-state index contributed by atoms with van der Waals surface area (Å²) in [5.74, 6) is 0.561. The molecule has 5 saturated heterocycles. The molecular weight excluding hydrogens is 1820 g/mol. The van der Waals surface area contributed by atoms with Crippen LogP contribution < -0.4 is 18.6 Å². The Morgan fingerprint density at radius 2 is 0.509 bits per heavy atom. The number of hydrogen-bond donors (Lipinski definition) is 1. The maximum absolute atomic E-state index is 12.1. The number of carbonyl (C=O) groups excluding carboxylic acids is 12. The summed E-state index contributed by atoms with van der Waals surface area (Å²) in [5, 5.41) is 2.61. The number of nitrogens with one attached hydrogen (secondary N) is 1. The third-order valence-electron chi connectivity index (χ3n) is 18.5. The Morgan fingerprint density at radius 1 is 0.325 bits per heavy atom. The van der Waals surface area contributed by atoms with E-state index in [1.165, 1.54) is 4.90 Å². The molecule has 1 N–H and O–H groups in total. The van der Waals surface area contributed by atoms with Crippen molar-refractivity contribution in [3.63, 3.8) is 0 Å². The number of likely N-dealkylation sites (tertiary alicyclic amines) is 5. The van der Waals surface area contributed by atoms with Crippen LogP contribution in [-0.2, 0) is 80.9 Å². The Morgan fingerprint density at radius 3 is 0.702 bits per heavy atom. The fourth-order valence-corrected chi connectivity index (χ4v) is 13.8. The van der Waals surface area contributed by atoms with Gasteiger partial charge in [0.1, 0.15) is 69.9 Å². The SMILES string of the molecule is C.C.C.C.C.CCOC(=O)[C@@H]1CC2CC2N1C(=O)OC(C)(C)C.CCOC(=O)[C@@H]1CC=CN1C(=O)OC(C)(C)C.CCOC(=O)[C@@H]1C[C@@H]2C[C@@H]2N1C(=O)OC(C)(C)C.CCOC(=O)[C@@H]1C[C@@H]2C[C@@H]2N1C(=O)OC(C)(C)C.CCOC(=O)[C@@H]1C[C@@H]2C[C@@H]2N1C(=O)OC(C)(C)C.CNC(=O)[C@@H]1CC2CC2N1C(=O)OC(C)(C)C.I[I-]I. The van der Waals surface area contributed by atoms with Crippen LogP contribution in [0.4, 0.5) is 28.8 Å². The fourth-order valence-electron chi connectivity index (χ4n) is 13.8. The second kappa shape index (κ2) is 45.5. The fraction of sp³-hybridized carbons (Fsp3) is 0.827. The molecule has 0 bridgehead atoms. The van der Waals surface area contributed by atoms with Crippen LogP contribution in [-0.4, -0.2) is 242 Å². The molecule has 30 nitrogen and oxygen atoms in total. The van der Waals surface area contributed by atoms with Crippen LogP contribution in [0.15, 0.2) is 12.3 Å². The van der Waals surface area contributed by atoms with Gasteiger partial charge in [0.15, 0.2) is 0 Å². The van der Waals surface area contributed by atoms with Crippen LogP contribution >= 0.6 is 37.2 Å². The number of esters is 5. The first-order chi connectivity index (χ1) is 50.4. The molecule has 5 aliphatic carbocycles. The summed E-state index contributed by atoms with van der Waals surface area (Å²) >= 11 is 5.30. The van der Waals surface area contributed by atoms with Gasteiger partial charge in [-0.25, -0.2) is 52.7 Å². The van der Waals surface area contributed by atoms with E-state index in [0.29, 0.717) is 108 Å². The molecule has 4 unspecified atom stereocenters. The molecule has 0 radical (unpaired) electrons. The molecule has 33 heteroatoms. The molecule has 114 heavy (non-hydrogen) atoms. The van der Waals surface area contributed by atoms with Crippen LogP contribution in [0.3, 0.4) is 0 Å². The third-order valence-corrected chi connectivity index (χ3v) is 18.5. The van der Waals surface area contributed by atoms with Gasteiger partial charge in [-0.2, -0.15) is 0 Å². The molecule has 6 aliphatic heterocycles. The number of piperidine rings is 5. The van der Waals surface area contributed by atoms with Gasteiger partial charge >= 0.3 is 117 Å². The molecule has 11 aliphatic rings. The van der Waals surface area contributed by atoms with Gasteiger partial charge in [0.2, 0.25) is 5.91 Å². The van der Waals surface area contributed by atoms with Gasteiger partial charge in [-0.15, -0.1) is 0 Å². The second-order valence-corrected chi connectivity index (χ2v) is 50.7. The third kappa shape index (κ3) is 32.9. The molecule has 16 atom stereocenters. The van der Waals surface area contributed by atoms with Crippen molar-refractivity contribution >= 4 is 110 Å². The number of hydrogen-bond acceptors (Lipinski definition) is 23. The molecular formula is C81H143I3N7O23-. The number of nitrogens with zero attached hydrogens (tertiary/aromatic N) is 6. The van der Waals surface area contributed by atoms with E-state index in [1.54, 1.807) is 99.2 Å². The Kier molecular flexibility index (Phi) is 43.3. The van der Waals surface area contributed by atoms with E-state index in [9.17, 15) is 57.5 Å². The number of fused-ring (bicyclic) bond motifs is 5. The van der Waals surface area contributed by atoms with Gasteiger partial charge in [0.25, 0.3) is 0 Å². The van der Waals surface area contributed by atoms with Gasteiger partial charge < -0.3 is 57.4 Å². The van der Waals surface area contributed by atoms with Gasteiger partial charge in [0, 0.05) is 43.5 Å². The maximum atomic E-state index is 12.1. The Balaban J connectivity index is 0.00000132. The van der Waals surface area contributed by atoms with Crippen molar-refractivity contribution in [1.82, 2.24) is 34.7 Å². The number of carbonyl (C=O) groups is 12. The number of ether oxygens (including phenoxy) is 11. The molecule has 5 saturated carbocycles.